The van der Waals surface area contributed by atoms with Crippen LogP contribution in [0.2, 0.25) is 0 Å². The van der Waals surface area contributed by atoms with E-state index < -0.39 is 11.9 Å². The van der Waals surface area contributed by atoms with Crippen LogP contribution in [0.5, 0.6) is 0 Å². The number of hydrogen-bond donors (Lipinski definition) is 2. The lowest BCUT2D eigenvalue weighted by Crippen LogP contribution is -2.44. The van der Waals surface area contributed by atoms with Crippen molar-refractivity contribution in [3.05, 3.63) is 34.2 Å². The second kappa shape index (κ2) is 11.4. The number of nitrogens with one attached hydrogen (secondary N) is 2. The van der Waals surface area contributed by atoms with Gasteiger partial charge in [0.05, 0.1) is 11.0 Å². The average molecular weight is 498 g/mol. The molecule has 3 amide bonds. The first-order chi connectivity index (χ1) is 17.4. The van der Waals surface area contributed by atoms with Crippen LogP contribution < -0.4 is 16.3 Å². The topological polar surface area (TPSA) is 105 Å². The molecule has 0 radical (unpaired) electrons. The summed E-state index contributed by atoms with van der Waals surface area (Å²) in [5.41, 5.74) is 2.41. The summed E-state index contributed by atoms with van der Waals surface area (Å²) in [6.45, 7) is 7.55. The van der Waals surface area contributed by atoms with E-state index in [4.69, 9.17) is 0 Å². The van der Waals surface area contributed by atoms with Crippen molar-refractivity contribution in [1.29, 1.82) is 0 Å². The highest BCUT2D eigenvalue weighted by atomic mass is 16.2. The number of amides is 3. The number of imidazole rings is 1. The molecule has 0 bridgehead atoms. The fraction of sp³-hybridized carbons (Fsp3) is 0.630. The fourth-order valence-electron chi connectivity index (χ4n) is 5.79. The third-order valence-electron chi connectivity index (χ3n) is 7.88. The molecule has 5 rings (SSSR count). The van der Waals surface area contributed by atoms with Gasteiger partial charge in [0.1, 0.15) is 6.04 Å². The Labute approximate surface area is 212 Å². The average Bonchev–Trinajstić information content (AvgIpc) is 3.15. The normalized spacial score (nSPS) is 21.8. The van der Waals surface area contributed by atoms with E-state index in [1.807, 2.05) is 30.9 Å². The maximum absolute atomic E-state index is 13.0. The maximum atomic E-state index is 13.0. The number of aryl methyl sites for hydroxylation is 1. The zero-order valence-electron chi connectivity index (χ0n) is 21.7. The third kappa shape index (κ3) is 5.26. The van der Waals surface area contributed by atoms with Crippen LogP contribution in [0.3, 0.4) is 0 Å². The molecule has 1 aromatic heterocycles. The predicted octanol–water partition coefficient (Wildman–Crippen LogP) is 2.44. The summed E-state index contributed by atoms with van der Waals surface area (Å²) in [5.74, 6) is 0.406. The van der Waals surface area contributed by atoms with Gasteiger partial charge >= 0.3 is 5.69 Å². The molecule has 3 aliphatic rings. The Hall–Kier alpha value is -2.94. The van der Waals surface area contributed by atoms with Crippen LogP contribution in [-0.2, 0) is 21.4 Å². The Morgan fingerprint density at radius 1 is 0.972 bits per heavy atom. The molecule has 1 unspecified atom stereocenters. The molecule has 3 fully saturated rings. The van der Waals surface area contributed by atoms with E-state index in [9.17, 15) is 19.2 Å². The number of aromatic nitrogens is 2. The number of benzene rings is 1. The highest BCUT2D eigenvalue weighted by molar-refractivity contribution is 6.00. The predicted molar refractivity (Wildman–Crippen MR) is 139 cm³/mol. The number of nitrogens with zero attached hydrogens (tertiary/aromatic N) is 3. The molecular weight excluding hydrogens is 458 g/mol. The van der Waals surface area contributed by atoms with E-state index in [0.717, 1.165) is 62.9 Å². The monoisotopic (exact) mass is 497 g/mol. The van der Waals surface area contributed by atoms with Crippen LogP contribution in [0.15, 0.2) is 23.0 Å². The first-order valence-electron chi connectivity index (χ1n) is 13.5. The molecule has 2 N–H and O–H groups in total. The minimum atomic E-state index is -0.672. The molecule has 196 valence electrons. The molecule has 3 aliphatic heterocycles. The molecule has 1 aromatic carbocycles. The molecular formula is C27H39N5O4. The summed E-state index contributed by atoms with van der Waals surface area (Å²) in [6.07, 6.45) is 5.20. The summed E-state index contributed by atoms with van der Waals surface area (Å²) in [6, 6.07) is 5.34. The van der Waals surface area contributed by atoms with Gasteiger partial charge in [-0.1, -0.05) is 19.9 Å². The molecule has 9 nitrogen and oxygen atoms in total. The first kappa shape index (κ1) is 26.1. The van der Waals surface area contributed by atoms with Crippen LogP contribution >= 0.6 is 0 Å². The van der Waals surface area contributed by atoms with Gasteiger partial charge in [-0.2, -0.15) is 0 Å². The quantitative estimate of drug-likeness (QED) is 0.632. The largest absolute Gasteiger partial charge is 0.343 e. The lowest BCUT2D eigenvalue weighted by molar-refractivity contribution is -0.136. The fourth-order valence-corrected chi connectivity index (χ4v) is 5.79. The van der Waals surface area contributed by atoms with Gasteiger partial charge in [0.25, 0.3) is 0 Å². The minimum absolute atomic E-state index is 0.228. The molecule has 4 heterocycles. The second-order valence-electron chi connectivity index (χ2n) is 9.98. The number of piperidine rings is 3. The number of carbonyl (C=O) groups is 3. The number of imide groups is 1. The van der Waals surface area contributed by atoms with Gasteiger partial charge < -0.3 is 10.2 Å². The summed E-state index contributed by atoms with van der Waals surface area (Å²) in [7, 11) is 1.72. The lowest BCUT2D eigenvalue weighted by atomic mass is 9.88. The molecule has 0 aliphatic carbocycles. The Balaban J connectivity index is 0.00000148. The second-order valence-corrected chi connectivity index (χ2v) is 9.98. The van der Waals surface area contributed by atoms with Gasteiger partial charge in [0.15, 0.2) is 0 Å². The molecule has 9 heteroatoms. The Morgan fingerprint density at radius 2 is 1.67 bits per heavy atom. The number of rotatable bonds is 4. The SMILES string of the molecule is CC.Cn1c(=O)n(C2CCC(=O)NC2=O)c2ccc(C3CCN(C(=O)CC4CCNCC4)CC3)cc21. The van der Waals surface area contributed by atoms with Crippen molar-refractivity contribution >= 4 is 28.8 Å². The van der Waals surface area contributed by atoms with Crippen molar-refractivity contribution in [1.82, 2.24) is 24.7 Å². The number of fused-ring (bicyclic) bond motifs is 1. The van der Waals surface area contributed by atoms with Gasteiger partial charge in [0.2, 0.25) is 17.7 Å². The van der Waals surface area contributed by atoms with Crippen LogP contribution in [0.4, 0.5) is 0 Å². The highest BCUT2D eigenvalue weighted by Gasteiger charge is 2.32. The van der Waals surface area contributed by atoms with E-state index in [0.29, 0.717) is 30.2 Å². The van der Waals surface area contributed by atoms with E-state index in [1.54, 1.807) is 11.6 Å². The smallest absolute Gasteiger partial charge is 0.329 e. The molecule has 1 atom stereocenters. The molecule has 36 heavy (non-hydrogen) atoms. The van der Waals surface area contributed by atoms with Crippen LogP contribution in [0.1, 0.15) is 76.3 Å². The van der Waals surface area contributed by atoms with Gasteiger partial charge in [-0.15, -0.1) is 0 Å². The van der Waals surface area contributed by atoms with Crippen LogP contribution in [0, 0.1) is 5.92 Å². The third-order valence-corrected chi connectivity index (χ3v) is 7.88. The van der Waals surface area contributed by atoms with Crippen molar-refractivity contribution < 1.29 is 14.4 Å². The standard InChI is InChI=1S/C25H33N5O4.C2H6/c1-28-21-15-18(2-3-19(21)30(25(28)34)20-4-5-22(31)27-24(20)33)17-8-12-29(13-9-17)23(32)14-16-6-10-26-11-7-16;1-2/h2-3,15-17,20,26H,4-14H2,1H3,(H,27,31,33);1-2H3. The Morgan fingerprint density at radius 3 is 2.33 bits per heavy atom. The molecule has 0 spiro atoms. The lowest BCUT2D eigenvalue weighted by Gasteiger charge is -2.33. The van der Waals surface area contributed by atoms with Gasteiger partial charge in [-0.3, -0.25) is 28.8 Å². The summed E-state index contributed by atoms with van der Waals surface area (Å²) < 4.78 is 3.10. The zero-order valence-corrected chi connectivity index (χ0v) is 21.7. The summed E-state index contributed by atoms with van der Waals surface area (Å²) in [4.78, 5) is 51.7. The maximum Gasteiger partial charge on any atom is 0.329 e. The molecule has 0 saturated carbocycles. The summed E-state index contributed by atoms with van der Waals surface area (Å²) in [5, 5.41) is 5.70. The van der Waals surface area contributed by atoms with E-state index in [-0.39, 0.29) is 23.9 Å². The van der Waals surface area contributed by atoms with Crippen molar-refractivity contribution in [2.24, 2.45) is 13.0 Å². The molecule has 2 aromatic rings. The van der Waals surface area contributed by atoms with Crippen LogP contribution in [0.25, 0.3) is 11.0 Å². The highest BCUT2D eigenvalue weighted by Crippen LogP contribution is 2.32. The van der Waals surface area contributed by atoms with Crippen molar-refractivity contribution in [2.75, 3.05) is 26.2 Å². The molecule has 3 saturated heterocycles. The van der Waals surface area contributed by atoms with Gasteiger partial charge in [-0.05, 0) is 74.7 Å². The van der Waals surface area contributed by atoms with E-state index in [1.165, 1.54) is 4.57 Å². The van der Waals surface area contributed by atoms with Crippen molar-refractivity contribution in [3.63, 3.8) is 0 Å². The van der Waals surface area contributed by atoms with Crippen LogP contribution in [-0.4, -0.2) is 57.9 Å². The van der Waals surface area contributed by atoms with Crippen molar-refractivity contribution in [3.8, 4) is 0 Å². The number of carbonyl (C=O) groups excluding carboxylic acids is 3. The van der Waals surface area contributed by atoms with E-state index in [2.05, 4.69) is 16.7 Å². The zero-order chi connectivity index (χ0) is 25.8. The first-order valence-corrected chi connectivity index (χ1v) is 13.5. The minimum Gasteiger partial charge on any atom is -0.343 e. The van der Waals surface area contributed by atoms with E-state index >= 15 is 0 Å². The summed E-state index contributed by atoms with van der Waals surface area (Å²) >= 11 is 0. The Kier molecular flexibility index (Phi) is 8.28. The Bertz CT molecular complexity index is 1170. The van der Waals surface area contributed by atoms with Gasteiger partial charge in [-0.25, -0.2) is 4.79 Å². The van der Waals surface area contributed by atoms with Gasteiger partial charge in [0, 0.05) is 33.0 Å². The number of hydrogen-bond acceptors (Lipinski definition) is 5. The number of likely N-dealkylation sites (tertiary alicyclic amines) is 1. The van der Waals surface area contributed by atoms with Crippen molar-refractivity contribution in [2.45, 2.75) is 70.8 Å².